The molecule has 16 nitrogen and oxygen atoms in total. The van der Waals surface area contributed by atoms with Crippen molar-refractivity contribution >= 4 is 0 Å². The average Bonchev–Trinajstić information content (AvgIpc) is 3.71. The Morgan fingerprint density at radius 1 is 0.653 bits per heavy atom. The van der Waals surface area contributed by atoms with Crippen molar-refractivity contribution in [3.8, 4) is 0 Å². The number of aryl methyl sites for hydroxylation is 4. The van der Waals surface area contributed by atoms with E-state index in [1.807, 2.05) is 21.8 Å². The largest absolute Gasteiger partial charge is 0.389 e. The van der Waals surface area contributed by atoms with Crippen LogP contribution in [0.15, 0.2) is 18.5 Å². The van der Waals surface area contributed by atoms with Gasteiger partial charge in [-0.3, -0.25) is 0 Å². The minimum atomic E-state index is -1.11. The number of nitrogens with two attached hydrogens (primary N) is 4. The van der Waals surface area contributed by atoms with E-state index >= 15 is 0 Å². The first-order valence-electron chi connectivity index (χ1n) is 17.2. The lowest BCUT2D eigenvalue weighted by Crippen LogP contribution is -2.62. The third-order valence-electron chi connectivity index (χ3n) is 10.1. The van der Waals surface area contributed by atoms with E-state index in [0.29, 0.717) is 64.8 Å². The Balaban J connectivity index is 1.11. The van der Waals surface area contributed by atoms with Gasteiger partial charge in [0.2, 0.25) is 0 Å². The van der Waals surface area contributed by atoms with Crippen LogP contribution in [0.5, 0.6) is 0 Å². The Bertz CT molecular complexity index is 1410. The SMILES string of the molecule is Cc1cc(C)c(Cn2cc(CCCO[C@H]3[C@H](O)[C@@H](O)[C@H](N)C[C@@H]3N)nn2)c(C)c1Cn1cc(CCCO[C@H]2[C@H](O)[C@@H](O)[C@H](N)C[C@@H]2N)nn1. The first-order valence-corrected chi connectivity index (χ1v) is 17.2. The molecule has 0 amide bonds. The third-order valence-corrected chi connectivity index (χ3v) is 10.1. The highest BCUT2D eigenvalue weighted by atomic mass is 16.5. The quantitative estimate of drug-likeness (QED) is 0.0861. The highest BCUT2D eigenvalue weighted by Crippen LogP contribution is 2.25. The third kappa shape index (κ3) is 8.89. The molecule has 2 aliphatic rings. The summed E-state index contributed by atoms with van der Waals surface area (Å²) in [4.78, 5) is 0. The van der Waals surface area contributed by atoms with E-state index in [1.165, 1.54) is 27.8 Å². The van der Waals surface area contributed by atoms with Crippen LogP contribution in [0.3, 0.4) is 0 Å². The minimum Gasteiger partial charge on any atom is -0.389 e. The number of ether oxygens (including phenoxy) is 2. The van der Waals surface area contributed by atoms with Crippen molar-refractivity contribution in [2.24, 2.45) is 22.9 Å². The second-order valence-corrected chi connectivity index (χ2v) is 13.9. The predicted molar refractivity (Wildman–Crippen MR) is 180 cm³/mol. The number of rotatable bonds is 14. The molecule has 2 aromatic heterocycles. The summed E-state index contributed by atoms with van der Waals surface area (Å²) in [5.41, 5.74) is 31.4. The lowest BCUT2D eigenvalue weighted by atomic mass is 9.85. The molecule has 272 valence electrons. The van der Waals surface area contributed by atoms with Gasteiger partial charge in [-0.2, -0.15) is 0 Å². The van der Waals surface area contributed by atoms with Gasteiger partial charge in [0.1, 0.15) is 24.4 Å². The van der Waals surface area contributed by atoms with Crippen LogP contribution in [-0.2, 0) is 35.4 Å². The number of aliphatic hydroxyl groups is 4. The standard InChI is InChI=1S/C33H54N10O6/c1-17-10-18(2)23(16-43-14-21(39-41-43)7-5-9-49-33-27(37)12-25(35)29(45)31(33)47)19(3)22(17)15-42-13-20(38-40-42)6-4-8-48-32-26(36)11-24(34)28(44)30(32)46/h10,13-14,24-33,44-47H,4-9,11-12,15-16,34-37H2,1-3H3/t24-,25-,26+,27+,28+,29+,30-,31-,32-,33-/m1/s1. The molecule has 12 N–H and O–H groups in total. The van der Waals surface area contributed by atoms with E-state index in [-0.39, 0.29) is 0 Å². The van der Waals surface area contributed by atoms with E-state index in [2.05, 4.69) is 47.5 Å². The maximum absolute atomic E-state index is 10.3. The highest BCUT2D eigenvalue weighted by molar-refractivity contribution is 5.45. The van der Waals surface area contributed by atoms with Crippen LogP contribution in [0, 0.1) is 20.8 Å². The second kappa shape index (κ2) is 16.4. The van der Waals surface area contributed by atoms with E-state index in [1.54, 1.807) is 0 Å². The van der Waals surface area contributed by atoms with Gasteiger partial charge in [-0.05, 0) is 87.1 Å². The number of nitrogens with zero attached hydrogens (tertiary/aromatic N) is 6. The molecular formula is C33H54N10O6. The fraction of sp³-hybridized carbons (Fsp3) is 0.697. The fourth-order valence-corrected chi connectivity index (χ4v) is 7.11. The van der Waals surface area contributed by atoms with Gasteiger partial charge < -0.3 is 52.8 Å². The van der Waals surface area contributed by atoms with E-state index in [0.717, 1.165) is 11.4 Å². The van der Waals surface area contributed by atoms with Crippen LogP contribution in [0.2, 0.25) is 0 Å². The van der Waals surface area contributed by atoms with Gasteiger partial charge in [0.15, 0.2) is 0 Å². The van der Waals surface area contributed by atoms with Crippen molar-refractivity contribution in [1.82, 2.24) is 30.0 Å². The zero-order valence-electron chi connectivity index (χ0n) is 28.7. The molecule has 0 spiro atoms. The van der Waals surface area contributed by atoms with Gasteiger partial charge in [0.25, 0.3) is 0 Å². The van der Waals surface area contributed by atoms with Crippen molar-refractivity contribution in [1.29, 1.82) is 0 Å². The summed E-state index contributed by atoms with van der Waals surface area (Å²) in [6.45, 7) is 8.19. The number of hydrogen-bond donors (Lipinski definition) is 8. The first kappa shape index (κ1) is 37.4. The van der Waals surface area contributed by atoms with Crippen LogP contribution < -0.4 is 22.9 Å². The monoisotopic (exact) mass is 686 g/mol. The zero-order valence-corrected chi connectivity index (χ0v) is 28.7. The molecule has 0 unspecified atom stereocenters. The maximum Gasteiger partial charge on any atom is 0.109 e. The van der Waals surface area contributed by atoms with E-state index < -0.39 is 60.8 Å². The van der Waals surface area contributed by atoms with Gasteiger partial charge in [0.05, 0.1) is 36.7 Å². The lowest BCUT2D eigenvalue weighted by Gasteiger charge is -2.39. The molecule has 2 heterocycles. The van der Waals surface area contributed by atoms with Crippen LogP contribution >= 0.6 is 0 Å². The summed E-state index contributed by atoms with van der Waals surface area (Å²) in [6, 6.07) is 0.203. The molecule has 3 aromatic rings. The van der Waals surface area contributed by atoms with Crippen LogP contribution in [0.1, 0.15) is 64.9 Å². The van der Waals surface area contributed by atoms with Gasteiger partial charge in [-0.15, -0.1) is 10.2 Å². The Hall–Kier alpha value is -2.90. The summed E-state index contributed by atoms with van der Waals surface area (Å²) in [5.74, 6) is 0. The summed E-state index contributed by atoms with van der Waals surface area (Å²) >= 11 is 0. The zero-order chi connectivity index (χ0) is 35.4. The first-order chi connectivity index (χ1) is 23.3. The van der Waals surface area contributed by atoms with Crippen molar-refractivity contribution in [3.05, 3.63) is 57.7 Å². The molecule has 2 aliphatic carbocycles. The summed E-state index contributed by atoms with van der Waals surface area (Å²) in [6.07, 6.45) is 1.64. The molecular weight excluding hydrogens is 632 g/mol. The number of benzene rings is 1. The molecule has 5 rings (SSSR count). The topological polar surface area (TPSA) is 265 Å². The van der Waals surface area contributed by atoms with Crippen LogP contribution in [0.4, 0.5) is 0 Å². The Kier molecular flexibility index (Phi) is 12.5. The number of hydrogen-bond acceptors (Lipinski definition) is 14. The maximum atomic E-state index is 10.3. The van der Waals surface area contributed by atoms with Crippen LogP contribution in [0.25, 0.3) is 0 Å². The highest BCUT2D eigenvalue weighted by Gasteiger charge is 2.42. The number of aromatic nitrogens is 6. The number of aliphatic hydroxyl groups excluding tert-OH is 4. The predicted octanol–water partition coefficient (Wildman–Crippen LogP) is -1.91. The Morgan fingerprint density at radius 3 is 1.47 bits per heavy atom. The van der Waals surface area contributed by atoms with E-state index in [9.17, 15) is 20.4 Å². The second-order valence-electron chi connectivity index (χ2n) is 13.9. The molecule has 0 aliphatic heterocycles. The molecule has 49 heavy (non-hydrogen) atoms. The molecule has 2 fully saturated rings. The van der Waals surface area contributed by atoms with Crippen molar-refractivity contribution in [2.75, 3.05) is 13.2 Å². The van der Waals surface area contributed by atoms with Crippen molar-refractivity contribution in [2.45, 2.75) is 133 Å². The molecule has 2 saturated carbocycles. The molecule has 16 heteroatoms. The van der Waals surface area contributed by atoms with Gasteiger partial charge in [-0.25, -0.2) is 9.36 Å². The molecule has 1 aromatic carbocycles. The normalized spacial score (nSPS) is 30.6. The molecule has 0 bridgehead atoms. The van der Waals surface area contributed by atoms with E-state index in [4.69, 9.17) is 32.4 Å². The minimum absolute atomic E-state index is 0.363. The van der Waals surface area contributed by atoms with Crippen molar-refractivity contribution in [3.63, 3.8) is 0 Å². The average molecular weight is 687 g/mol. The smallest absolute Gasteiger partial charge is 0.109 e. The molecule has 10 atom stereocenters. The van der Waals surface area contributed by atoms with Gasteiger partial charge >= 0.3 is 0 Å². The molecule has 0 saturated heterocycles. The van der Waals surface area contributed by atoms with Gasteiger partial charge in [-0.1, -0.05) is 16.5 Å². The summed E-state index contributed by atoms with van der Waals surface area (Å²) < 4.78 is 15.3. The Labute approximate surface area is 286 Å². The molecule has 0 radical (unpaired) electrons. The van der Waals surface area contributed by atoms with Crippen LogP contribution in [-0.4, -0.2) is 124 Å². The fourth-order valence-electron chi connectivity index (χ4n) is 7.11. The Morgan fingerprint density at radius 2 is 1.06 bits per heavy atom. The summed E-state index contributed by atoms with van der Waals surface area (Å²) in [5, 5.41) is 58.2. The summed E-state index contributed by atoms with van der Waals surface area (Å²) in [7, 11) is 0. The van der Waals surface area contributed by atoms with Crippen molar-refractivity contribution < 1.29 is 29.9 Å². The lowest BCUT2D eigenvalue weighted by molar-refractivity contribution is -0.127. The van der Waals surface area contributed by atoms with Gasteiger partial charge in [0, 0.05) is 49.8 Å².